The number of aromatic carboxylic acids is 1. The standard InChI is InChI=1S/C16H17F3N2O2/c1-4-21(9(2)3)10-5-6-13-11(7-10)14(16(17,18)19)12(8-20-13)15(22)23/h5-9H,4H2,1-3H3,(H,22,23). The number of hydrogen-bond donors (Lipinski definition) is 1. The zero-order valence-electron chi connectivity index (χ0n) is 13.0. The smallest absolute Gasteiger partial charge is 0.417 e. The van der Waals surface area contributed by atoms with E-state index in [4.69, 9.17) is 5.11 Å². The molecule has 0 amide bonds. The van der Waals surface area contributed by atoms with Gasteiger partial charge in [0.25, 0.3) is 0 Å². The Morgan fingerprint density at radius 1 is 1.35 bits per heavy atom. The molecule has 0 fully saturated rings. The van der Waals surface area contributed by atoms with E-state index in [1.54, 1.807) is 6.07 Å². The van der Waals surface area contributed by atoms with Crippen molar-refractivity contribution in [3.63, 3.8) is 0 Å². The highest BCUT2D eigenvalue weighted by Crippen LogP contribution is 2.38. The third kappa shape index (κ3) is 3.23. The Hall–Kier alpha value is -2.31. The van der Waals surface area contributed by atoms with Crippen LogP contribution >= 0.6 is 0 Å². The van der Waals surface area contributed by atoms with Gasteiger partial charge in [0.2, 0.25) is 0 Å². The number of fused-ring (bicyclic) bond motifs is 1. The van der Waals surface area contributed by atoms with Crippen molar-refractivity contribution >= 4 is 22.6 Å². The van der Waals surface area contributed by atoms with Gasteiger partial charge in [0.05, 0.1) is 16.6 Å². The van der Waals surface area contributed by atoms with Crippen molar-refractivity contribution in [3.8, 4) is 0 Å². The summed E-state index contributed by atoms with van der Waals surface area (Å²) in [6.07, 6.45) is -4.02. The summed E-state index contributed by atoms with van der Waals surface area (Å²) in [5.74, 6) is -1.65. The van der Waals surface area contributed by atoms with Crippen LogP contribution < -0.4 is 4.90 Å². The zero-order valence-corrected chi connectivity index (χ0v) is 13.0. The molecular formula is C16H17F3N2O2. The van der Waals surface area contributed by atoms with Gasteiger partial charge in [-0.1, -0.05) is 0 Å². The summed E-state index contributed by atoms with van der Waals surface area (Å²) in [6.45, 7) is 6.39. The maximum absolute atomic E-state index is 13.4. The van der Waals surface area contributed by atoms with Crippen molar-refractivity contribution in [1.82, 2.24) is 4.98 Å². The fourth-order valence-electron chi connectivity index (χ4n) is 2.67. The van der Waals surface area contributed by atoms with Crippen LogP contribution in [0.5, 0.6) is 0 Å². The lowest BCUT2D eigenvalue weighted by Crippen LogP contribution is -2.30. The first-order valence-electron chi connectivity index (χ1n) is 7.16. The summed E-state index contributed by atoms with van der Waals surface area (Å²) in [6, 6.07) is 4.64. The molecule has 0 aliphatic carbocycles. The number of hydrogen-bond acceptors (Lipinski definition) is 3. The lowest BCUT2D eigenvalue weighted by Gasteiger charge is -2.28. The summed E-state index contributed by atoms with van der Waals surface area (Å²) in [5, 5.41) is 8.85. The molecule has 1 heterocycles. The van der Waals surface area contributed by atoms with Gasteiger partial charge in [0.1, 0.15) is 0 Å². The Morgan fingerprint density at radius 2 is 2.00 bits per heavy atom. The SMILES string of the molecule is CCN(c1ccc2ncc(C(=O)O)c(C(F)(F)F)c2c1)C(C)C. The Labute approximate surface area is 131 Å². The van der Waals surface area contributed by atoms with Crippen molar-refractivity contribution in [2.45, 2.75) is 33.0 Å². The molecule has 2 rings (SSSR count). The summed E-state index contributed by atoms with van der Waals surface area (Å²) >= 11 is 0. The maximum atomic E-state index is 13.4. The number of rotatable bonds is 4. The van der Waals surface area contributed by atoms with Crippen LogP contribution in [0.3, 0.4) is 0 Å². The van der Waals surface area contributed by atoms with Gasteiger partial charge in [-0.15, -0.1) is 0 Å². The fourth-order valence-corrected chi connectivity index (χ4v) is 2.67. The number of pyridine rings is 1. The number of benzene rings is 1. The maximum Gasteiger partial charge on any atom is 0.417 e. The molecule has 0 aliphatic rings. The van der Waals surface area contributed by atoms with E-state index < -0.39 is 23.3 Å². The van der Waals surface area contributed by atoms with Crippen molar-refractivity contribution in [3.05, 3.63) is 35.5 Å². The van der Waals surface area contributed by atoms with Crippen LogP contribution in [0.25, 0.3) is 10.9 Å². The Bertz CT molecular complexity index is 742. The van der Waals surface area contributed by atoms with Crippen molar-refractivity contribution in [2.24, 2.45) is 0 Å². The number of anilines is 1. The molecule has 124 valence electrons. The van der Waals surface area contributed by atoms with Crippen molar-refractivity contribution in [2.75, 3.05) is 11.4 Å². The highest BCUT2D eigenvalue weighted by molar-refractivity contribution is 5.97. The van der Waals surface area contributed by atoms with Crippen LogP contribution in [0.15, 0.2) is 24.4 Å². The van der Waals surface area contributed by atoms with Crippen LogP contribution in [0.2, 0.25) is 0 Å². The number of carboxylic acid groups (broad SMARTS) is 1. The van der Waals surface area contributed by atoms with Gasteiger partial charge in [-0.05, 0) is 39.0 Å². The van der Waals surface area contributed by atoms with Gasteiger partial charge in [-0.25, -0.2) is 4.79 Å². The third-order valence-electron chi connectivity index (χ3n) is 3.66. The van der Waals surface area contributed by atoms with Gasteiger partial charge >= 0.3 is 12.1 Å². The van der Waals surface area contributed by atoms with E-state index in [9.17, 15) is 18.0 Å². The predicted molar refractivity (Wildman–Crippen MR) is 81.9 cm³/mol. The Balaban J connectivity index is 2.80. The highest BCUT2D eigenvalue weighted by atomic mass is 19.4. The number of alkyl halides is 3. The third-order valence-corrected chi connectivity index (χ3v) is 3.66. The zero-order chi connectivity index (χ0) is 17.4. The minimum atomic E-state index is -4.78. The molecule has 7 heteroatoms. The fraction of sp³-hybridized carbons (Fsp3) is 0.375. The molecule has 0 saturated heterocycles. The average Bonchev–Trinajstić information content (AvgIpc) is 2.44. The van der Waals surface area contributed by atoms with Crippen LogP contribution in [0.4, 0.5) is 18.9 Å². The molecule has 0 unspecified atom stereocenters. The number of carboxylic acids is 1. The molecule has 1 N–H and O–H groups in total. The first-order valence-corrected chi connectivity index (χ1v) is 7.16. The molecule has 4 nitrogen and oxygen atoms in total. The topological polar surface area (TPSA) is 53.4 Å². The normalized spacial score (nSPS) is 12.0. The number of aromatic nitrogens is 1. The molecule has 0 radical (unpaired) electrons. The van der Waals surface area contributed by atoms with Crippen molar-refractivity contribution in [1.29, 1.82) is 0 Å². The van der Waals surface area contributed by atoms with Crippen LogP contribution in [-0.4, -0.2) is 28.6 Å². The molecule has 0 bridgehead atoms. The average molecular weight is 326 g/mol. The monoisotopic (exact) mass is 326 g/mol. The summed E-state index contributed by atoms with van der Waals surface area (Å²) in [5.41, 5.74) is -1.28. The predicted octanol–water partition coefficient (Wildman–Crippen LogP) is 4.19. The molecule has 1 aromatic carbocycles. The Kier molecular flexibility index (Phi) is 4.49. The first kappa shape index (κ1) is 17.1. The van der Waals surface area contributed by atoms with E-state index in [1.165, 1.54) is 12.1 Å². The van der Waals surface area contributed by atoms with Gasteiger partial charge < -0.3 is 10.0 Å². The van der Waals surface area contributed by atoms with E-state index in [2.05, 4.69) is 4.98 Å². The van der Waals surface area contributed by atoms with Gasteiger partial charge in [-0.2, -0.15) is 13.2 Å². The minimum Gasteiger partial charge on any atom is -0.478 e. The van der Waals surface area contributed by atoms with Crippen LogP contribution in [-0.2, 0) is 6.18 Å². The van der Waals surface area contributed by atoms with E-state index in [-0.39, 0.29) is 16.9 Å². The molecule has 0 spiro atoms. The second-order valence-electron chi connectivity index (χ2n) is 5.43. The molecule has 0 atom stereocenters. The molecule has 0 aliphatic heterocycles. The van der Waals surface area contributed by atoms with Crippen molar-refractivity contribution < 1.29 is 23.1 Å². The van der Waals surface area contributed by atoms with E-state index in [0.717, 1.165) is 6.20 Å². The lowest BCUT2D eigenvalue weighted by molar-refractivity contribution is -0.136. The van der Waals surface area contributed by atoms with Crippen LogP contribution in [0.1, 0.15) is 36.7 Å². The van der Waals surface area contributed by atoms with E-state index >= 15 is 0 Å². The summed E-state index contributed by atoms with van der Waals surface area (Å²) in [4.78, 5) is 16.9. The molecule has 2 aromatic rings. The molecule has 0 saturated carbocycles. The van der Waals surface area contributed by atoms with E-state index in [1.807, 2.05) is 25.7 Å². The highest BCUT2D eigenvalue weighted by Gasteiger charge is 2.38. The van der Waals surface area contributed by atoms with Gasteiger partial charge in [0, 0.05) is 29.9 Å². The second kappa shape index (κ2) is 6.06. The number of halogens is 3. The number of carbonyl (C=O) groups is 1. The largest absolute Gasteiger partial charge is 0.478 e. The van der Waals surface area contributed by atoms with Gasteiger partial charge in [-0.3, -0.25) is 4.98 Å². The summed E-state index contributed by atoms with van der Waals surface area (Å²) in [7, 11) is 0. The summed E-state index contributed by atoms with van der Waals surface area (Å²) < 4.78 is 40.2. The molecule has 1 aromatic heterocycles. The molecule has 23 heavy (non-hydrogen) atoms. The van der Waals surface area contributed by atoms with Crippen LogP contribution in [0, 0.1) is 0 Å². The van der Waals surface area contributed by atoms with E-state index in [0.29, 0.717) is 12.2 Å². The quantitative estimate of drug-likeness (QED) is 0.915. The molecular weight excluding hydrogens is 309 g/mol. The van der Waals surface area contributed by atoms with Gasteiger partial charge in [0.15, 0.2) is 0 Å². The minimum absolute atomic E-state index is 0.0994. The number of nitrogens with zero attached hydrogens (tertiary/aromatic N) is 2. The second-order valence-corrected chi connectivity index (χ2v) is 5.43. The lowest BCUT2D eigenvalue weighted by atomic mass is 10.0. The Morgan fingerprint density at radius 3 is 2.48 bits per heavy atom. The first-order chi connectivity index (χ1) is 10.7.